The van der Waals surface area contributed by atoms with E-state index in [1.54, 1.807) is 0 Å². The lowest BCUT2D eigenvalue weighted by molar-refractivity contribution is 0.130. The van der Waals surface area contributed by atoms with Crippen molar-refractivity contribution in [1.82, 2.24) is 20.0 Å². The van der Waals surface area contributed by atoms with Crippen LogP contribution in [-0.2, 0) is 11.2 Å². The smallest absolute Gasteiger partial charge is 0.191 e. The predicted molar refractivity (Wildman–Crippen MR) is 103 cm³/mol. The molecule has 2 rings (SSSR count). The lowest BCUT2D eigenvalue weighted by atomic mass is 10.3. The molecule has 6 heteroatoms. The van der Waals surface area contributed by atoms with E-state index in [9.17, 15) is 0 Å². The van der Waals surface area contributed by atoms with E-state index in [0.29, 0.717) is 0 Å². The van der Waals surface area contributed by atoms with Crippen LogP contribution in [0.1, 0.15) is 38.8 Å². The lowest BCUT2D eigenvalue weighted by Gasteiger charge is -2.10. The zero-order valence-corrected chi connectivity index (χ0v) is 15.5. The summed E-state index contributed by atoms with van der Waals surface area (Å²) in [6.45, 7) is 8.33. The Morgan fingerprint density at radius 1 is 1.20 bits per heavy atom. The van der Waals surface area contributed by atoms with Gasteiger partial charge >= 0.3 is 0 Å². The third-order valence-electron chi connectivity index (χ3n) is 3.79. The Kier molecular flexibility index (Phi) is 8.83. The molecule has 2 heterocycles. The highest BCUT2D eigenvalue weighted by Gasteiger charge is 2.02. The molecule has 0 saturated carbocycles. The van der Waals surface area contributed by atoms with Gasteiger partial charge in [0.2, 0.25) is 0 Å². The molecule has 0 amide bonds. The van der Waals surface area contributed by atoms with Gasteiger partial charge in [0.05, 0.1) is 5.69 Å². The summed E-state index contributed by atoms with van der Waals surface area (Å²) < 4.78 is 7.61. The number of hydrogen-bond acceptors (Lipinski definition) is 3. The van der Waals surface area contributed by atoms with E-state index in [4.69, 9.17) is 4.74 Å². The van der Waals surface area contributed by atoms with Crippen molar-refractivity contribution in [2.75, 3.05) is 32.8 Å². The fraction of sp³-hybridized carbons (Fsp3) is 0.579. The van der Waals surface area contributed by atoms with Crippen LogP contribution in [0.3, 0.4) is 0 Å². The first-order valence-electron chi connectivity index (χ1n) is 9.36. The van der Waals surface area contributed by atoms with Crippen molar-refractivity contribution < 1.29 is 4.74 Å². The van der Waals surface area contributed by atoms with Gasteiger partial charge in [-0.15, -0.1) is 0 Å². The SMILES string of the molecule is CCCCOCCCN=C(NCC)NCCc1cn2ccccc2n1. The predicted octanol–water partition coefficient (Wildman–Crippen LogP) is 2.64. The van der Waals surface area contributed by atoms with Crippen LogP contribution in [-0.4, -0.2) is 48.2 Å². The third-order valence-corrected chi connectivity index (χ3v) is 3.79. The molecule has 0 radical (unpaired) electrons. The van der Waals surface area contributed by atoms with Crippen LogP contribution in [0.25, 0.3) is 5.65 Å². The Morgan fingerprint density at radius 3 is 2.88 bits per heavy atom. The summed E-state index contributed by atoms with van der Waals surface area (Å²) >= 11 is 0. The molecule has 138 valence electrons. The topological polar surface area (TPSA) is 63.0 Å². The summed E-state index contributed by atoms with van der Waals surface area (Å²) in [5, 5.41) is 6.65. The van der Waals surface area contributed by atoms with Crippen LogP contribution in [0.15, 0.2) is 35.6 Å². The molecule has 0 aromatic carbocycles. The number of pyridine rings is 1. The van der Waals surface area contributed by atoms with Crippen LogP contribution in [0.4, 0.5) is 0 Å². The Hall–Kier alpha value is -2.08. The Balaban J connectivity index is 1.70. The molecular weight excluding hydrogens is 314 g/mol. The second kappa shape index (κ2) is 11.5. The molecule has 0 aliphatic carbocycles. The Bertz CT molecular complexity index is 605. The third kappa shape index (κ3) is 7.13. The number of aliphatic imine (C=N–C) groups is 1. The van der Waals surface area contributed by atoms with Gasteiger partial charge in [-0.25, -0.2) is 4.98 Å². The maximum absolute atomic E-state index is 5.56. The normalized spacial score (nSPS) is 11.8. The zero-order valence-electron chi connectivity index (χ0n) is 15.5. The molecule has 0 unspecified atom stereocenters. The first-order chi connectivity index (χ1) is 12.3. The average molecular weight is 345 g/mol. The van der Waals surface area contributed by atoms with Crippen LogP contribution in [0, 0.1) is 0 Å². The molecule has 2 N–H and O–H groups in total. The second-order valence-electron chi connectivity index (χ2n) is 5.96. The molecule has 0 bridgehead atoms. The highest BCUT2D eigenvalue weighted by molar-refractivity contribution is 5.79. The van der Waals surface area contributed by atoms with Crippen molar-refractivity contribution in [3.05, 3.63) is 36.3 Å². The molecule has 6 nitrogen and oxygen atoms in total. The standard InChI is InChI=1S/C19H31N5O/c1-3-5-14-25-15-8-11-21-19(20-4-2)22-12-10-17-16-24-13-7-6-9-18(24)23-17/h6-7,9,13,16H,3-5,8,10-12,14-15H2,1-2H3,(H2,20,21,22). The van der Waals surface area contributed by atoms with Gasteiger partial charge in [-0.3, -0.25) is 4.99 Å². The maximum Gasteiger partial charge on any atom is 0.191 e. The molecule has 2 aromatic rings. The van der Waals surface area contributed by atoms with Gasteiger partial charge in [-0.05, 0) is 31.9 Å². The minimum absolute atomic E-state index is 0.774. The van der Waals surface area contributed by atoms with E-state index in [1.165, 1.54) is 6.42 Å². The minimum atomic E-state index is 0.774. The molecule has 0 spiro atoms. The quantitative estimate of drug-likeness (QED) is 0.373. The van der Waals surface area contributed by atoms with Crippen molar-refractivity contribution in [2.45, 2.75) is 39.5 Å². The van der Waals surface area contributed by atoms with Gasteiger partial charge in [-0.1, -0.05) is 19.4 Å². The average Bonchev–Trinajstić information content (AvgIpc) is 3.03. The molecule has 2 aromatic heterocycles. The second-order valence-corrected chi connectivity index (χ2v) is 5.96. The van der Waals surface area contributed by atoms with Gasteiger partial charge in [0.15, 0.2) is 5.96 Å². The number of fused-ring (bicyclic) bond motifs is 1. The van der Waals surface area contributed by atoms with E-state index >= 15 is 0 Å². The van der Waals surface area contributed by atoms with Crippen molar-refractivity contribution in [2.24, 2.45) is 4.99 Å². The number of aromatic nitrogens is 2. The molecular formula is C19H31N5O. The molecule has 25 heavy (non-hydrogen) atoms. The van der Waals surface area contributed by atoms with Gasteiger partial charge < -0.3 is 19.8 Å². The summed E-state index contributed by atoms with van der Waals surface area (Å²) in [4.78, 5) is 9.21. The summed E-state index contributed by atoms with van der Waals surface area (Å²) in [5.41, 5.74) is 2.07. The minimum Gasteiger partial charge on any atom is -0.381 e. The maximum atomic E-state index is 5.56. The zero-order chi connectivity index (χ0) is 17.7. The summed E-state index contributed by atoms with van der Waals surface area (Å²) in [5.74, 6) is 0.861. The first-order valence-corrected chi connectivity index (χ1v) is 9.36. The number of imidazole rings is 1. The number of ether oxygens (including phenoxy) is 1. The highest BCUT2D eigenvalue weighted by atomic mass is 16.5. The lowest BCUT2D eigenvalue weighted by Crippen LogP contribution is -2.38. The van der Waals surface area contributed by atoms with E-state index in [1.807, 2.05) is 28.8 Å². The van der Waals surface area contributed by atoms with E-state index in [0.717, 1.165) is 69.4 Å². The van der Waals surface area contributed by atoms with Gasteiger partial charge in [0.25, 0.3) is 0 Å². The van der Waals surface area contributed by atoms with Crippen molar-refractivity contribution in [3.63, 3.8) is 0 Å². The number of rotatable bonds is 11. The molecule has 0 aliphatic rings. The van der Waals surface area contributed by atoms with E-state index in [-0.39, 0.29) is 0 Å². The van der Waals surface area contributed by atoms with Crippen LogP contribution in [0.2, 0.25) is 0 Å². The van der Waals surface area contributed by atoms with Crippen molar-refractivity contribution in [3.8, 4) is 0 Å². The number of nitrogens with one attached hydrogen (secondary N) is 2. The Morgan fingerprint density at radius 2 is 2.08 bits per heavy atom. The summed E-state index contributed by atoms with van der Waals surface area (Å²) in [6.07, 6.45) is 8.23. The molecule has 0 saturated heterocycles. The van der Waals surface area contributed by atoms with E-state index < -0.39 is 0 Å². The monoisotopic (exact) mass is 345 g/mol. The summed E-state index contributed by atoms with van der Waals surface area (Å²) in [7, 11) is 0. The number of hydrogen-bond donors (Lipinski definition) is 2. The first kappa shape index (κ1) is 19.2. The van der Waals surface area contributed by atoms with Crippen LogP contribution >= 0.6 is 0 Å². The molecule has 0 atom stereocenters. The largest absolute Gasteiger partial charge is 0.381 e. The van der Waals surface area contributed by atoms with E-state index in [2.05, 4.69) is 40.7 Å². The Labute approximate surface area is 150 Å². The van der Waals surface area contributed by atoms with Gasteiger partial charge in [-0.2, -0.15) is 0 Å². The fourth-order valence-corrected chi connectivity index (χ4v) is 2.46. The van der Waals surface area contributed by atoms with Crippen molar-refractivity contribution in [1.29, 1.82) is 0 Å². The molecule has 0 fully saturated rings. The summed E-state index contributed by atoms with van der Waals surface area (Å²) in [6, 6.07) is 6.04. The van der Waals surface area contributed by atoms with Crippen LogP contribution < -0.4 is 10.6 Å². The van der Waals surface area contributed by atoms with Gasteiger partial charge in [0, 0.05) is 51.7 Å². The van der Waals surface area contributed by atoms with Crippen LogP contribution in [0.5, 0.6) is 0 Å². The number of nitrogens with zero attached hydrogens (tertiary/aromatic N) is 3. The fourth-order valence-electron chi connectivity index (χ4n) is 2.46. The number of guanidine groups is 1. The highest BCUT2D eigenvalue weighted by Crippen LogP contribution is 2.04. The number of unbranched alkanes of at least 4 members (excludes halogenated alkanes) is 1. The molecule has 0 aliphatic heterocycles. The van der Waals surface area contributed by atoms with Gasteiger partial charge in [0.1, 0.15) is 5.65 Å². The van der Waals surface area contributed by atoms with Crippen molar-refractivity contribution >= 4 is 11.6 Å².